The molecule has 1 aromatic carbocycles. The highest BCUT2D eigenvalue weighted by atomic mass is 16.6. The number of rotatable bonds is 1. The first-order valence-corrected chi connectivity index (χ1v) is 3.90. The second-order valence-electron chi connectivity index (χ2n) is 3.13. The van der Waals surface area contributed by atoms with Gasteiger partial charge < -0.3 is 4.74 Å². The summed E-state index contributed by atoms with van der Waals surface area (Å²) < 4.78 is 5.28. The Bertz CT molecular complexity index is 327. The quantitative estimate of drug-likeness (QED) is 0.588. The lowest BCUT2D eigenvalue weighted by molar-refractivity contribution is 0.349. The molecule has 2 nitrogen and oxygen atoms in total. The van der Waals surface area contributed by atoms with Crippen molar-refractivity contribution in [3.8, 4) is 6.07 Å². The van der Waals surface area contributed by atoms with Crippen LogP contribution in [-0.4, -0.2) is 5.60 Å². The van der Waals surface area contributed by atoms with E-state index in [9.17, 15) is 0 Å². The number of nitrogens with zero attached hydrogens (tertiary/aromatic N) is 1. The van der Waals surface area contributed by atoms with Gasteiger partial charge in [0.1, 0.15) is 12.2 Å². The number of epoxide rings is 1. The zero-order chi connectivity index (χ0) is 8.60. The fourth-order valence-corrected chi connectivity index (χ4v) is 1.31. The zero-order valence-electron chi connectivity index (χ0n) is 6.82. The van der Waals surface area contributed by atoms with Crippen LogP contribution in [-0.2, 0) is 4.74 Å². The third-order valence-electron chi connectivity index (χ3n) is 2.13. The SMILES string of the molecule is C[C@]1(C#N)O[C@@H]1c1ccccc1. The Hall–Kier alpha value is -1.33. The van der Waals surface area contributed by atoms with Gasteiger partial charge in [0.25, 0.3) is 0 Å². The summed E-state index contributed by atoms with van der Waals surface area (Å²) in [5.41, 5.74) is 0.503. The highest BCUT2D eigenvalue weighted by Crippen LogP contribution is 2.48. The first kappa shape index (κ1) is 7.33. The maximum absolute atomic E-state index is 8.72. The zero-order valence-corrected chi connectivity index (χ0v) is 6.82. The average Bonchev–Trinajstić information content (AvgIpc) is 2.81. The Kier molecular flexibility index (Phi) is 1.42. The van der Waals surface area contributed by atoms with Gasteiger partial charge >= 0.3 is 0 Å². The van der Waals surface area contributed by atoms with Gasteiger partial charge in [-0.05, 0) is 12.5 Å². The smallest absolute Gasteiger partial charge is 0.182 e. The van der Waals surface area contributed by atoms with Crippen LogP contribution in [0.3, 0.4) is 0 Å². The van der Waals surface area contributed by atoms with Gasteiger partial charge in [0.15, 0.2) is 5.60 Å². The minimum absolute atomic E-state index is 0.0244. The molecule has 0 saturated carbocycles. The minimum atomic E-state index is -0.582. The molecule has 0 unspecified atom stereocenters. The maximum Gasteiger partial charge on any atom is 0.182 e. The van der Waals surface area contributed by atoms with Crippen LogP contribution in [0.2, 0.25) is 0 Å². The van der Waals surface area contributed by atoms with Crippen molar-refractivity contribution in [1.82, 2.24) is 0 Å². The van der Waals surface area contributed by atoms with Gasteiger partial charge in [-0.1, -0.05) is 30.3 Å². The van der Waals surface area contributed by atoms with E-state index in [2.05, 4.69) is 6.07 Å². The summed E-state index contributed by atoms with van der Waals surface area (Å²) >= 11 is 0. The van der Waals surface area contributed by atoms with E-state index in [1.54, 1.807) is 0 Å². The molecule has 2 atom stereocenters. The van der Waals surface area contributed by atoms with Crippen molar-refractivity contribution >= 4 is 0 Å². The average molecular weight is 159 g/mol. The molecular formula is C10H9NO. The van der Waals surface area contributed by atoms with Gasteiger partial charge in [0.05, 0.1) is 0 Å². The van der Waals surface area contributed by atoms with Gasteiger partial charge in [0, 0.05) is 0 Å². The molecule has 0 amide bonds. The first-order chi connectivity index (χ1) is 5.76. The van der Waals surface area contributed by atoms with Crippen LogP contribution >= 0.6 is 0 Å². The third kappa shape index (κ3) is 0.992. The number of benzene rings is 1. The van der Waals surface area contributed by atoms with Crippen molar-refractivity contribution in [2.45, 2.75) is 18.6 Å². The molecule has 0 bridgehead atoms. The number of hydrogen-bond acceptors (Lipinski definition) is 2. The van der Waals surface area contributed by atoms with Crippen molar-refractivity contribution < 1.29 is 4.74 Å². The molecule has 12 heavy (non-hydrogen) atoms. The van der Waals surface area contributed by atoms with Crippen molar-refractivity contribution in [3.05, 3.63) is 35.9 Å². The van der Waals surface area contributed by atoms with Crippen LogP contribution in [0.25, 0.3) is 0 Å². The monoisotopic (exact) mass is 159 g/mol. The van der Waals surface area contributed by atoms with Crippen LogP contribution < -0.4 is 0 Å². The van der Waals surface area contributed by atoms with Crippen LogP contribution in [0.4, 0.5) is 0 Å². The first-order valence-electron chi connectivity index (χ1n) is 3.90. The summed E-state index contributed by atoms with van der Waals surface area (Å²) in [5, 5.41) is 8.72. The van der Waals surface area contributed by atoms with Crippen molar-refractivity contribution in [1.29, 1.82) is 5.26 Å². The summed E-state index contributed by atoms with van der Waals surface area (Å²) in [6, 6.07) is 12.0. The van der Waals surface area contributed by atoms with E-state index in [4.69, 9.17) is 10.00 Å². The van der Waals surface area contributed by atoms with Gasteiger partial charge in [-0.25, -0.2) is 0 Å². The lowest BCUT2D eigenvalue weighted by Crippen LogP contribution is -2.00. The lowest BCUT2D eigenvalue weighted by atomic mass is 10.0. The van der Waals surface area contributed by atoms with E-state index in [1.807, 2.05) is 37.3 Å². The normalized spacial score (nSPS) is 32.5. The molecule has 0 aliphatic carbocycles. The molecule has 0 radical (unpaired) electrons. The van der Waals surface area contributed by atoms with E-state index in [1.165, 1.54) is 0 Å². The summed E-state index contributed by atoms with van der Waals surface area (Å²) in [6.45, 7) is 1.81. The number of nitriles is 1. The van der Waals surface area contributed by atoms with E-state index in [0.29, 0.717) is 0 Å². The molecular weight excluding hydrogens is 150 g/mol. The second-order valence-corrected chi connectivity index (χ2v) is 3.13. The molecule has 2 heteroatoms. The Labute approximate surface area is 71.4 Å². The van der Waals surface area contributed by atoms with Gasteiger partial charge in [-0.3, -0.25) is 0 Å². The van der Waals surface area contributed by atoms with Gasteiger partial charge in [-0.15, -0.1) is 0 Å². The Balaban J connectivity index is 2.23. The third-order valence-corrected chi connectivity index (χ3v) is 2.13. The van der Waals surface area contributed by atoms with Crippen LogP contribution in [0.1, 0.15) is 18.6 Å². The van der Waals surface area contributed by atoms with Crippen molar-refractivity contribution in [3.63, 3.8) is 0 Å². The highest BCUT2D eigenvalue weighted by Gasteiger charge is 2.53. The summed E-state index contributed by atoms with van der Waals surface area (Å²) in [4.78, 5) is 0. The Morgan fingerprint density at radius 2 is 2.08 bits per heavy atom. The highest BCUT2D eigenvalue weighted by molar-refractivity contribution is 5.30. The molecule has 1 saturated heterocycles. The molecule has 1 fully saturated rings. The van der Waals surface area contributed by atoms with Crippen LogP contribution in [0.15, 0.2) is 30.3 Å². The summed E-state index contributed by atoms with van der Waals surface area (Å²) in [5.74, 6) is 0. The fourth-order valence-electron chi connectivity index (χ4n) is 1.31. The standard InChI is InChI=1S/C10H9NO/c1-10(7-11)9(12-10)8-5-3-2-4-6-8/h2-6,9H,1H3/t9-,10-/m1/s1. The van der Waals surface area contributed by atoms with Crippen molar-refractivity contribution in [2.75, 3.05) is 0 Å². The van der Waals surface area contributed by atoms with Crippen LogP contribution in [0, 0.1) is 11.3 Å². The van der Waals surface area contributed by atoms with Gasteiger partial charge in [0.2, 0.25) is 0 Å². The minimum Gasteiger partial charge on any atom is -0.345 e. The van der Waals surface area contributed by atoms with Crippen LogP contribution in [0.5, 0.6) is 0 Å². The van der Waals surface area contributed by atoms with E-state index >= 15 is 0 Å². The molecule has 1 aliphatic rings. The molecule has 2 rings (SSSR count). The predicted octanol–water partition coefficient (Wildman–Crippen LogP) is 2.04. The molecule has 0 spiro atoms. The van der Waals surface area contributed by atoms with Crippen molar-refractivity contribution in [2.24, 2.45) is 0 Å². The van der Waals surface area contributed by atoms with E-state index in [-0.39, 0.29) is 6.10 Å². The number of ether oxygens (including phenoxy) is 1. The maximum atomic E-state index is 8.72. The molecule has 1 aromatic rings. The van der Waals surface area contributed by atoms with E-state index in [0.717, 1.165) is 5.56 Å². The lowest BCUT2D eigenvalue weighted by Gasteiger charge is -1.93. The van der Waals surface area contributed by atoms with Gasteiger partial charge in [-0.2, -0.15) is 5.26 Å². The summed E-state index contributed by atoms with van der Waals surface area (Å²) in [6.07, 6.45) is -0.0244. The molecule has 1 heterocycles. The molecule has 60 valence electrons. The fraction of sp³-hybridized carbons (Fsp3) is 0.300. The molecule has 0 N–H and O–H groups in total. The Morgan fingerprint density at radius 1 is 1.42 bits per heavy atom. The molecule has 1 aliphatic heterocycles. The van der Waals surface area contributed by atoms with E-state index < -0.39 is 5.60 Å². The predicted molar refractivity (Wildman–Crippen MR) is 44.3 cm³/mol. The summed E-state index contributed by atoms with van der Waals surface area (Å²) in [7, 11) is 0. The Morgan fingerprint density at radius 3 is 2.58 bits per heavy atom. The second kappa shape index (κ2) is 2.33. The largest absolute Gasteiger partial charge is 0.345 e. The number of hydrogen-bond donors (Lipinski definition) is 0. The molecule has 0 aromatic heterocycles. The topological polar surface area (TPSA) is 36.3 Å².